The van der Waals surface area contributed by atoms with Gasteiger partial charge in [-0.05, 0) is 18.9 Å². The Kier molecular flexibility index (Phi) is 5.03. The van der Waals surface area contributed by atoms with Gasteiger partial charge in [-0.1, -0.05) is 20.8 Å². The van der Waals surface area contributed by atoms with Crippen LogP contribution in [0.15, 0.2) is 16.9 Å². The van der Waals surface area contributed by atoms with Crippen LogP contribution in [0.2, 0.25) is 0 Å². The molecule has 2 aliphatic rings. The van der Waals surface area contributed by atoms with Gasteiger partial charge in [0.05, 0.1) is 12.2 Å². The summed E-state index contributed by atoms with van der Waals surface area (Å²) in [7, 11) is 0. The second-order valence-electron chi connectivity index (χ2n) is 8.57. The molecule has 1 aliphatic carbocycles. The normalized spacial score (nSPS) is 18.9. The van der Waals surface area contributed by atoms with Crippen molar-refractivity contribution in [1.29, 1.82) is 0 Å². The molecule has 0 N–H and O–H groups in total. The Morgan fingerprint density at radius 3 is 2.52 bits per heavy atom. The van der Waals surface area contributed by atoms with Gasteiger partial charge in [-0.2, -0.15) is 9.47 Å². The Hall–Kier alpha value is -1.80. The molecule has 4 rings (SSSR count). The average molecular weight is 389 g/mol. The van der Waals surface area contributed by atoms with Crippen molar-refractivity contribution in [3.8, 4) is 0 Å². The van der Waals surface area contributed by atoms with E-state index < -0.39 is 0 Å². The Labute approximate surface area is 164 Å². The maximum absolute atomic E-state index is 12.1. The lowest BCUT2D eigenvalue weighted by Crippen LogP contribution is -2.47. The third kappa shape index (κ3) is 4.38. The third-order valence-corrected chi connectivity index (χ3v) is 6.07. The first kappa shape index (κ1) is 18.6. The van der Waals surface area contributed by atoms with Crippen molar-refractivity contribution < 1.29 is 0 Å². The van der Waals surface area contributed by atoms with Crippen molar-refractivity contribution in [2.45, 2.75) is 51.5 Å². The minimum atomic E-state index is -0.0534. The lowest BCUT2D eigenvalue weighted by Gasteiger charge is -2.34. The molecule has 8 heteroatoms. The topological polar surface area (TPSA) is 67.2 Å². The molecule has 7 nitrogen and oxygen atoms in total. The number of hydrogen-bond acceptors (Lipinski definition) is 7. The number of aromatic nitrogens is 4. The molecule has 0 unspecified atom stereocenters. The Morgan fingerprint density at radius 2 is 1.85 bits per heavy atom. The molecule has 0 radical (unpaired) electrons. The minimum absolute atomic E-state index is 0.0249. The van der Waals surface area contributed by atoms with Crippen molar-refractivity contribution in [2.24, 2.45) is 0 Å². The van der Waals surface area contributed by atoms with Gasteiger partial charge in [0, 0.05) is 61.7 Å². The highest BCUT2D eigenvalue weighted by atomic mass is 32.1. The highest BCUT2D eigenvalue weighted by Crippen LogP contribution is 2.39. The molecule has 0 spiro atoms. The molecule has 0 bridgehead atoms. The van der Waals surface area contributed by atoms with Gasteiger partial charge in [0.1, 0.15) is 5.82 Å². The molecule has 2 fully saturated rings. The standard InChI is InChI=1S/C19H28N6OS/c1-19(2,3)15-6-7-16(26)25(21-15)13-10-23-8-11-24(12-9-23)18-20-17(22-27-18)14-4-5-14/h6-7,14H,4-5,8-13H2,1-3H3. The Bertz CT molecular complexity index is 842. The summed E-state index contributed by atoms with van der Waals surface area (Å²) in [6.45, 7) is 11.7. The predicted octanol–water partition coefficient (Wildman–Crippen LogP) is 2.09. The summed E-state index contributed by atoms with van der Waals surface area (Å²) in [5.74, 6) is 1.66. The summed E-state index contributed by atoms with van der Waals surface area (Å²) in [5, 5.41) is 5.63. The monoisotopic (exact) mass is 388 g/mol. The van der Waals surface area contributed by atoms with Crippen LogP contribution < -0.4 is 10.5 Å². The van der Waals surface area contributed by atoms with Gasteiger partial charge in [-0.3, -0.25) is 9.69 Å². The van der Waals surface area contributed by atoms with Crippen molar-refractivity contribution in [3.63, 3.8) is 0 Å². The maximum atomic E-state index is 12.1. The first-order valence-corrected chi connectivity index (χ1v) is 10.6. The zero-order valence-electron chi connectivity index (χ0n) is 16.4. The van der Waals surface area contributed by atoms with Crippen molar-refractivity contribution in [1.82, 2.24) is 24.0 Å². The molecule has 0 atom stereocenters. The largest absolute Gasteiger partial charge is 0.344 e. The number of piperazine rings is 1. The smallest absolute Gasteiger partial charge is 0.266 e. The predicted molar refractivity (Wildman–Crippen MR) is 108 cm³/mol. The molecular formula is C19H28N6OS. The zero-order chi connectivity index (χ0) is 19.0. The van der Waals surface area contributed by atoms with Crippen LogP contribution >= 0.6 is 11.5 Å². The van der Waals surface area contributed by atoms with Crippen LogP contribution in [0.1, 0.15) is 51.0 Å². The summed E-state index contributed by atoms with van der Waals surface area (Å²) in [6, 6.07) is 3.48. The van der Waals surface area contributed by atoms with Crippen molar-refractivity contribution in [2.75, 3.05) is 37.6 Å². The van der Waals surface area contributed by atoms with Crippen LogP contribution in [0.25, 0.3) is 0 Å². The molecule has 1 saturated carbocycles. The van der Waals surface area contributed by atoms with E-state index in [9.17, 15) is 4.79 Å². The van der Waals surface area contributed by atoms with E-state index in [1.165, 1.54) is 24.4 Å². The molecule has 1 aliphatic heterocycles. The molecule has 2 aromatic rings. The van der Waals surface area contributed by atoms with Gasteiger partial charge in [0.2, 0.25) is 5.13 Å². The van der Waals surface area contributed by atoms with E-state index in [0.29, 0.717) is 12.5 Å². The molecule has 0 aromatic carbocycles. The van der Waals surface area contributed by atoms with Gasteiger partial charge >= 0.3 is 0 Å². The second-order valence-corrected chi connectivity index (χ2v) is 9.30. The Balaban J connectivity index is 1.31. The first-order valence-electron chi connectivity index (χ1n) is 9.80. The van der Waals surface area contributed by atoms with Gasteiger partial charge in [-0.25, -0.2) is 9.67 Å². The minimum Gasteiger partial charge on any atom is -0.344 e. The molecular weight excluding hydrogens is 360 g/mol. The van der Waals surface area contributed by atoms with Gasteiger partial charge in [0.25, 0.3) is 5.56 Å². The fraction of sp³-hybridized carbons (Fsp3) is 0.684. The molecule has 0 amide bonds. The van der Waals surface area contributed by atoms with Gasteiger partial charge in [-0.15, -0.1) is 0 Å². The number of rotatable bonds is 5. The quantitative estimate of drug-likeness (QED) is 0.781. The fourth-order valence-corrected chi connectivity index (χ4v) is 4.07. The summed E-state index contributed by atoms with van der Waals surface area (Å²) in [4.78, 5) is 21.6. The number of hydrogen-bond donors (Lipinski definition) is 0. The lowest BCUT2D eigenvalue weighted by molar-refractivity contribution is 0.242. The average Bonchev–Trinajstić information content (AvgIpc) is 3.37. The maximum Gasteiger partial charge on any atom is 0.266 e. The van der Waals surface area contributed by atoms with Gasteiger partial charge in [0.15, 0.2) is 0 Å². The SMILES string of the molecule is CC(C)(C)c1ccc(=O)n(CCN2CCN(c3nc(C4CC4)ns3)CC2)n1. The second kappa shape index (κ2) is 7.31. The first-order chi connectivity index (χ1) is 12.9. The molecule has 146 valence electrons. The highest BCUT2D eigenvalue weighted by Gasteiger charge is 2.29. The highest BCUT2D eigenvalue weighted by molar-refractivity contribution is 7.09. The van der Waals surface area contributed by atoms with E-state index in [1.807, 2.05) is 6.07 Å². The molecule has 2 aromatic heterocycles. The molecule has 27 heavy (non-hydrogen) atoms. The number of nitrogens with zero attached hydrogens (tertiary/aromatic N) is 6. The summed E-state index contributed by atoms with van der Waals surface area (Å²) >= 11 is 1.53. The van der Waals surface area contributed by atoms with E-state index in [2.05, 4.69) is 40.0 Å². The lowest BCUT2D eigenvalue weighted by atomic mass is 9.92. The zero-order valence-corrected chi connectivity index (χ0v) is 17.2. The third-order valence-electron chi connectivity index (χ3n) is 5.28. The molecule has 3 heterocycles. The molecule has 1 saturated heterocycles. The van der Waals surface area contributed by atoms with Crippen molar-refractivity contribution in [3.05, 3.63) is 34.0 Å². The van der Waals surface area contributed by atoms with E-state index in [0.717, 1.165) is 49.4 Å². The van der Waals surface area contributed by atoms with Crippen LogP contribution in [-0.4, -0.2) is 56.8 Å². The summed E-state index contributed by atoms with van der Waals surface area (Å²) in [6.07, 6.45) is 2.49. The van der Waals surface area contributed by atoms with E-state index in [1.54, 1.807) is 10.7 Å². The Morgan fingerprint density at radius 1 is 1.11 bits per heavy atom. The number of anilines is 1. The fourth-order valence-electron chi connectivity index (χ4n) is 3.27. The van der Waals surface area contributed by atoms with Crippen LogP contribution in [0.4, 0.5) is 5.13 Å². The van der Waals surface area contributed by atoms with E-state index in [4.69, 9.17) is 4.98 Å². The van der Waals surface area contributed by atoms with E-state index >= 15 is 0 Å². The van der Waals surface area contributed by atoms with Crippen LogP contribution in [0, 0.1) is 0 Å². The summed E-state index contributed by atoms with van der Waals surface area (Å²) < 4.78 is 6.13. The van der Waals surface area contributed by atoms with E-state index in [-0.39, 0.29) is 11.0 Å². The van der Waals surface area contributed by atoms with Crippen molar-refractivity contribution >= 4 is 16.7 Å². The van der Waals surface area contributed by atoms with Crippen LogP contribution in [-0.2, 0) is 12.0 Å². The van der Waals surface area contributed by atoms with Crippen LogP contribution in [0.5, 0.6) is 0 Å². The van der Waals surface area contributed by atoms with Gasteiger partial charge < -0.3 is 4.90 Å². The van der Waals surface area contributed by atoms with Crippen LogP contribution in [0.3, 0.4) is 0 Å². The summed E-state index contributed by atoms with van der Waals surface area (Å²) in [5.41, 5.74) is 0.875.